The molecular formula is C9H9BrFN3O2. The molecule has 0 saturated heterocycles. The highest BCUT2D eigenvalue weighted by Crippen LogP contribution is 2.29. The lowest BCUT2D eigenvalue weighted by atomic mass is 10.2. The van der Waals surface area contributed by atoms with E-state index in [0.717, 1.165) is 6.20 Å². The van der Waals surface area contributed by atoms with Gasteiger partial charge in [0, 0.05) is 14.1 Å². The fourth-order valence-electron chi connectivity index (χ4n) is 1.02. The normalized spacial score (nSPS) is 10.8. The quantitative estimate of drug-likeness (QED) is 0.487. The largest absolute Gasteiger partial charge is 0.383 e. The number of nitrogens with zero attached hydrogens (tertiary/aromatic N) is 3. The third kappa shape index (κ3) is 2.75. The Morgan fingerprint density at radius 2 is 2.25 bits per heavy atom. The second-order valence-electron chi connectivity index (χ2n) is 3.20. The molecule has 0 N–H and O–H groups in total. The van der Waals surface area contributed by atoms with E-state index in [-0.39, 0.29) is 15.9 Å². The third-order valence-corrected chi connectivity index (χ3v) is 2.30. The van der Waals surface area contributed by atoms with Gasteiger partial charge in [-0.3, -0.25) is 10.1 Å². The zero-order chi connectivity index (χ0) is 12.3. The summed E-state index contributed by atoms with van der Waals surface area (Å²) in [6, 6.07) is 0. The third-order valence-electron chi connectivity index (χ3n) is 1.72. The van der Waals surface area contributed by atoms with Crippen molar-refractivity contribution in [1.29, 1.82) is 0 Å². The number of aromatic nitrogens is 1. The first-order valence-electron chi connectivity index (χ1n) is 4.26. The van der Waals surface area contributed by atoms with Crippen LogP contribution in [0.15, 0.2) is 17.0 Å². The number of hydrogen-bond acceptors (Lipinski definition) is 4. The molecule has 0 saturated carbocycles. The fourth-order valence-corrected chi connectivity index (χ4v) is 1.48. The minimum absolute atomic E-state index is 0.0114. The van der Waals surface area contributed by atoms with Crippen LogP contribution in [-0.4, -0.2) is 28.9 Å². The molecule has 0 aromatic carbocycles. The first-order chi connectivity index (χ1) is 7.43. The molecule has 0 amide bonds. The summed E-state index contributed by atoms with van der Waals surface area (Å²) in [7, 11) is 3.47. The van der Waals surface area contributed by atoms with Gasteiger partial charge in [-0.05, 0) is 28.2 Å². The van der Waals surface area contributed by atoms with Crippen LogP contribution >= 0.6 is 15.9 Å². The molecule has 86 valence electrons. The Bertz CT molecular complexity index is 449. The SMILES string of the molecule is CN(C)/C=C/c1c(F)cnc(Br)c1[N+](=O)[O-]. The molecule has 0 aliphatic heterocycles. The molecule has 0 radical (unpaired) electrons. The van der Waals surface area contributed by atoms with Gasteiger partial charge in [-0.15, -0.1) is 0 Å². The van der Waals surface area contributed by atoms with Gasteiger partial charge in [0.05, 0.1) is 16.7 Å². The van der Waals surface area contributed by atoms with Gasteiger partial charge in [0.15, 0.2) is 10.4 Å². The minimum atomic E-state index is -0.729. The summed E-state index contributed by atoms with van der Waals surface area (Å²) in [5, 5.41) is 10.8. The maximum Gasteiger partial charge on any atom is 0.312 e. The van der Waals surface area contributed by atoms with E-state index in [4.69, 9.17) is 0 Å². The van der Waals surface area contributed by atoms with Crippen molar-refractivity contribution < 1.29 is 9.31 Å². The Hall–Kier alpha value is -1.50. The predicted molar refractivity (Wildman–Crippen MR) is 61.3 cm³/mol. The van der Waals surface area contributed by atoms with Crippen LogP contribution in [0.4, 0.5) is 10.1 Å². The number of pyridine rings is 1. The van der Waals surface area contributed by atoms with Gasteiger partial charge in [-0.25, -0.2) is 9.37 Å². The minimum Gasteiger partial charge on any atom is -0.383 e. The van der Waals surface area contributed by atoms with E-state index >= 15 is 0 Å². The van der Waals surface area contributed by atoms with Crippen LogP contribution in [0.1, 0.15) is 5.56 Å². The van der Waals surface area contributed by atoms with E-state index < -0.39 is 10.7 Å². The maximum atomic E-state index is 13.4. The lowest BCUT2D eigenvalue weighted by molar-refractivity contribution is -0.386. The van der Waals surface area contributed by atoms with Gasteiger partial charge in [0.25, 0.3) is 0 Å². The van der Waals surface area contributed by atoms with Crippen LogP contribution in [0.5, 0.6) is 0 Å². The van der Waals surface area contributed by atoms with Gasteiger partial charge in [0.1, 0.15) is 0 Å². The van der Waals surface area contributed by atoms with Gasteiger partial charge in [-0.1, -0.05) is 0 Å². The van der Waals surface area contributed by atoms with Crippen LogP contribution < -0.4 is 0 Å². The number of nitro groups is 1. The van der Waals surface area contributed by atoms with Crippen molar-refractivity contribution in [2.45, 2.75) is 0 Å². The number of rotatable bonds is 3. The average Bonchev–Trinajstić information content (AvgIpc) is 2.18. The molecule has 7 heteroatoms. The molecule has 0 aliphatic carbocycles. The van der Waals surface area contributed by atoms with Gasteiger partial charge < -0.3 is 4.90 Å². The molecule has 0 bridgehead atoms. The van der Waals surface area contributed by atoms with E-state index in [1.807, 2.05) is 0 Å². The topological polar surface area (TPSA) is 59.3 Å². The molecule has 1 heterocycles. The summed E-state index contributed by atoms with van der Waals surface area (Å²) < 4.78 is 13.4. The van der Waals surface area contributed by atoms with E-state index in [2.05, 4.69) is 20.9 Å². The molecule has 0 atom stereocenters. The summed E-state index contributed by atoms with van der Waals surface area (Å²) in [5.74, 6) is -0.729. The second kappa shape index (κ2) is 5.02. The molecule has 1 aromatic rings. The fraction of sp³-hybridized carbons (Fsp3) is 0.222. The average molecular weight is 290 g/mol. The first-order valence-corrected chi connectivity index (χ1v) is 5.05. The molecule has 0 fully saturated rings. The Balaban J connectivity index is 3.34. The summed E-state index contributed by atoms with van der Waals surface area (Å²) in [6.07, 6.45) is 3.80. The molecular weight excluding hydrogens is 281 g/mol. The zero-order valence-electron chi connectivity index (χ0n) is 8.65. The summed E-state index contributed by atoms with van der Waals surface area (Å²) in [6.45, 7) is 0. The highest BCUT2D eigenvalue weighted by atomic mass is 79.9. The molecule has 0 spiro atoms. The van der Waals surface area contributed by atoms with E-state index in [1.165, 1.54) is 12.3 Å². The zero-order valence-corrected chi connectivity index (χ0v) is 10.2. The van der Waals surface area contributed by atoms with Crippen molar-refractivity contribution in [1.82, 2.24) is 9.88 Å². The van der Waals surface area contributed by atoms with Crippen LogP contribution in [0.25, 0.3) is 6.08 Å². The molecule has 1 rings (SSSR count). The Kier molecular flexibility index (Phi) is 3.94. The van der Waals surface area contributed by atoms with Crippen molar-refractivity contribution in [3.8, 4) is 0 Å². The van der Waals surface area contributed by atoms with Gasteiger partial charge >= 0.3 is 5.69 Å². The number of hydrogen-bond donors (Lipinski definition) is 0. The Labute approximate surface area is 99.9 Å². The van der Waals surface area contributed by atoms with Crippen molar-refractivity contribution >= 4 is 27.7 Å². The lowest BCUT2D eigenvalue weighted by Crippen LogP contribution is -2.02. The summed E-state index contributed by atoms with van der Waals surface area (Å²) in [4.78, 5) is 15.3. The number of halogens is 2. The van der Waals surface area contributed by atoms with Crippen LogP contribution in [-0.2, 0) is 0 Å². The smallest absolute Gasteiger partial charge is 0.312 e. The Morgan fingerprint density at radius 3 is 2.75 bits per heavy atom. The Morgan fingerprint density at radius 1 is 1.62 bits per heavy atom. The standard InChI is InChI=1S/C9H9BrFN3O2/c1-13(2)4-3-6-7(11)5-12-9(10)8(6)14(15)16/h3-5H,1-2H3/b4-3+. The highest BCUT2D eigenvalue weighted by molar-refractivity contribution is 9.10. The molecule has 1 aromatic heterocycles. The predicted octanol–water partition coefficient (Wildman–Crippen LogP) is 2.42. The summed E-state index contributed by atoms with van der Waals surface area (Å²) >= 11 is 2.92. The molecule has 0 unspecified atom stereocenters. The first kappa shape index (κ1) is 12.6. The molecule has 0 aliphatic rings. The second-order valence-corrected chi connectivity index (χ2v) is 3.95. The lowest BCUT2D eigenvalue weighted by Gasteiger charge is -2.04. The van der Waals surface area contributed by atoms with Gasteiger partial charge in [-0.2, -0.15) is 0 Å². The molecule has 16 heavy (non-hydrogen) atoms. The van der Waals surface area contributed by atoms with E-state index in [9.17, 15) is 14.5 Å². The van der Waals surface area contributed by atoms with Crippen LogP contribution in [0, 0.1) is 15.9 Å². The molecule has 5 nitrogen and oxygen atoms in total. The highest BCUT2D eigenvalue weighted by Gasteiger charge is 2.21. The van der Waals surface area contributed by atoms with Crippen molar-refractivity contribution in [3.05, 3.63) is 38.5 Å². The van der Waals surface area contributed by atoms with Crippen molar-refractivity contribution in [2.24, 2.45) is 0 Å². The maximum absolute atomic E-state index is 13.4. The van der Waals surface area contributed by atoms with Crippen LogP contribution in [0.2, 0.25) is 0 Å². The van der Waals surface area contributed by atoms with Crippen molar-refractivity contribution in [2.75, 3.05) is 14.1 Å². The van der Waals surface area contributed by atoms with Gasteiger partial charge in [0.2, 0.25) is 0 Å². The summed E-state index contributed by atoms with van der Waals surface area (Å²) in [5.41, 5.74) is -0.473. The van der Waals surface area contributed by atoms with E-state index in [0.29, 0.717) is 0 Å². The van der Waals surface area contributed by atoms with Crippen LogP contribution in [0.3, 0.4) is 0 Å². The van der Waals surface area contributed by atoms with Crippen molar-refractivity contribution in [3.63, 3.8) is 0 Å². The monoisotopic (exact) mass is 289 g/mol. The van der Waals surface area contributed by atoms with E-state index in [1.54, 1.807) is 19.0 Å².